The largest absolute Gasteiger partial charge is 0.365 e. The molecule has 5 rings (SSSR count). The SMILES string of the molecule is O=C(C1CCN(Cc2ccc(F)cc2)C1)N1CCN(c2cnn(-c3ccccc3)c(=O)c2Cl)CC1. The fourth-order valence-electron chi connectivity index (χ4n) is 4.85. The fourth-order valence-corrected chi connectivity index (χ4v) is 5.10. The minimum Gasteiger partial charge on any atom is -0.365 e. The van der Waals surface area contributed by atoms with Crippen LogP contribution in [0.25, 0.3) is 5.69 Å². The number of hydrogen-bond acceptors (Lipinski definition) is 5. The van der Waals surface area contributed by atoms with Crippen LogP contribution < -0.4 is 10.5 Å². The summed E-state index contributed by atoms with van der Waals surface area (Å²) in [5, 5.41) is 4.46. The quantitative estimate of drug-likeness (QED) is 0.544. The topological polar surface area (TPSA) is 61.7 Å². The lowest BCUT2D eigenvalue weighted by Crippen LogP contribution is -2.51. The Kier molecular flexibility index (Phi) is 6.83. The number of anilines is 1. The summed E-state index contributed by atoms with van der Waals surface area (Å²) in [7, 11) is 0. The van der Waals surface area contributed by atoms with Gasteiger partial charge in [-0.2, -0.15) is 9.78 Å². The highest BCUT2D eigenvalue weighted by atomic mass is 35.5. The average Bonchev–Trinajstić information content (AvgIpc) is 3.36. The number of rotatable bonds is 5. The fraction of sp³-hybridized carbons (Fsp3) is 0.346. The number of halogens is 2. The molecule has 0 spiro atoms. The predicted octanol–water partition coefficient (Wildman–Crippen LogP) is 3.20. The van der Waals surface area contributed by atoms with Gasteiger partial charge in [0.2, 0.25) is 5.91 Å². The van der Waals surface area contributed by atoms with Crippen molar-refractivity contribution in [1.29, 1.82) is 0 Å². The van der Waals surface area contributed by atoms with Crippen molar-refractivity contribution in [3.63, 3.8) is 0 Å². The molecule has 0 saturated carbocycles. The number of piperazine rings is 1. The highest BCUT2D eigenvalue weighted by Gasteiger charge is 2.33. The Hall–Kier alpha value is -3.23. The molecule has 3 heterocycles. The second-order valence-electron chi connectivity index (χ2n) is 9.06. The first-order valence-electron chi connectivity index (χ1n) is 11.8. The lowest BCUT2D eigenvalue weighted by atomic mass is 10.1. The third-order valence-electron chi connectivity index (χ3n) is 6.77. The van der Waals surface area contributed by atoms with E-state index in [1.165, 1.54) is 16.8 Å². The molecular formula is C26H27ClFN5O2. The highest BCUT2D eigenvalue weighted by molar-refractivity contribution is 6.33. The number of carbonyl (C=O) groups excluding carboxylic acids is 1. The van der Waals surface area contributed by atoms with Gasteiger partial charge in [0.15, 0.2) is 0 Å². The molecule has 2 aliphatic heterocycles. The summed E-state index contributed by atoms with van der Waals surface area (Å²) in [5.41, 5.74) is 1.95. The van der Waals surface area contributed by atoms with Crippen molar-refractivity contribution in [3.8, 4) is 5.69 Å². The van der Waals surface area contributed by atoms with Gasteiger partial charge in [-0.05, 0) is 42.8 Å². The van der Waals surface area contributed by atoms with Gasteiger partial charge >= 0.3 is 0 Å². The first-order valence-corrected chi connectivity index (χ1v) is 12.2. The second kappa shape index (κ2) is 10.2. The number of hydrogen-bond donors (Lipinski definition) is 0. The third-order valence-corrected chi connectivity index (χ3v) is 7.13. The molecule has 1 aromatic heterocycles. The third kappa shape index (κ3) is 5.09. The highest BCUT2D eigenvalue weighted by Crippen LogP contribution is 2.25. The molecule has 2 aromatic carbocycles. The zero-order chi connectivity index (χ0) is 24.4. The molecule has 0 bridgehead atoms. The van der Waals surface area contributed by atoms with Crippen molar-refractivity contribution in [2.45, 2.75) is 13.0 Å². The van der Waals surface area contributed by atoms with Gasteiger partial charge in [0.1, 0.15) is 10.8 Å². The molecule has 3 aromatic rings. The van der Waals surface area contributed by atoms with Crippen molar-refractivity contribution in [2.75, 3.05) is 44.2 Å². The Balaban J connectivity index is 1.18. The van der Waals surface area contributed by atoms with E-state index in [9.17, 15) is 14.0 Å². The van der Waals surface area contributed by atoms with Crippen LogP contribution in [0, 0.1) is 11.7 Å². The smallest absolute Gasteiger partial charge is 0.292 e. The van der Waals surface area contributed by atoms with Gasteiger partial charge < -0.3 is 9.80 Å². The van der Waals surface area contributed by atoms with E-state index < -0.39 is 0 Å². The zero-order valence-electron chi connectivity index (χ0n) is 19.3. The van der Waals surface area contributed by atoms with Crippen LogP contribution >= 0.6 is 11.6 Å². The van der Waals surface area contributed by atoms with Crippen molar-refractivity contribution in [1.82, 2.24) is 19.6 Å². The van der Waals surface area contributed by atoms with E-state index >= 15 is 0 Å². The minimum atomic E-state index is -0.360. The maximum atomic E-state index is 13.1. The first-order chi connectivity index (χ1) is 17.0. The maximum absolute atomic E-state index is 13.1. The summed E-state index contributed by atoms with van der Waals surface area (Å²) in [5.74, 6) is -0.0890. The molecule has 0 aliphatic carbocycles. The van der Waals surface area contributed by atoms with Crippen LogP contribution in [-0.4, -0.2) is 64.8 Å². The van der Waals surface area contributed by atoms with Gasteiger partial charge in [0.05, 0.1) is 23.5 Å². The van der Waals surface area contributed by atoms with Crippen LogP contribution in [0.3, 0.4) is 0 Å². The van der Waals surface area contributed by atoms with Crippen LogP contribution in [0.1, 0.15) is 12.0 Å². The van der Waals surface area contributed by atoms with E-state index in [1.807, 2.05) is 28.0 Å². The first kappa shape index (κ1) is 23.5. The summed E-state index contributed by atoms with van der Waals surface area (Å²) < 4.78 is 14.4. The Labute approximate surface area is 208 Å². The summed E-state index contributed by atoms with van der Waals surface area (Å²) in [6.07, 6.45) is 2.45. The summed E-state index contributed by atoms with van der Waals surface area (Å²) in [4.78, 5) is 32.1. The lowest BCUT2D eigenvalue weighted by Gasteiger charge is -2.37. The normalized spacial score (nSPS) is 18.7. The van der Waals surface area contributed by atoms with Gasteiger partial charge in [0, 0.05) is 39.3 Å². The van der Waals surface area contributed by atoms with Gasteiger partial charge in [-0.25, -0.2) is 4.39 Å². The molecule has 2 fully saturated rings. The molecule has 2 aliphatic rings. The average molecular weight is 496 g/mol. The molecule has 35 heavy (non-hydrogen) atoms. The predicted molar refractivity (Wildman–Crippen MR) is 133 cm³/mol. The Morgan fingerprint density at radius 2 is 1.71 bits per heavy atom. The number of likely N-dealkylation sites (tertiary alicyclic amines) is 1. The van der Waals surface area contributed by atoms with Crippen LogP contribution in [-0.2, 0) is 11.3 Å². The molecule has 7 nitrogen and oxygen atoms in total. The lowest BCUT2D eigenvalue weighted by molar-refractivity contribution is -0.135. The van der Waals surface area contributed by atoms with E-state index in [2.05, 4.69) is 10.00 Å². The zero-order valence-corrected chi connectivity index (χ0v) is 20.1. The van der Waals surface area contributed by atoms with Crippen molar-refractivity contribution >= 4 is 23.2 Å². The van der Waals surface area contributed by atoms with Crippen LogP contribution in [0.2, 0.25) is 5.02 Å². The number of amides is 1. The van der Waals surface area contributed by atoms with Crippen molar-refractivity contribution in [2.24, 2.45) is 5.92 Å². The molecule has 0 radical (unpaired) electrons. The van der Waals surface area contributed by atoms with Gasteiger partial charge in [-0.3, -0.25) is 14.5 Å². The van der Waals surface area contributed by atoms with Gasteiger partial charge in [0.25, 0.3) is 5.56 Å². The van der Waals surface area contributed by atoms with Crippen molar-refractivity contribution in [3.05, 3.63) is 87.6 Å². The molecule has 1 unspecified atom stereocenters. The Morgan fingerprint density at radius 1 is 1.00 bits per heavy atom. The summed E-state index contributed by atoms with van der Waals surface area (Å²) in [6.45, 7) is 4.62. The maximum Gasteiger partial charge on any atom is 0.292 e. The number of aromatic nitrogens is 2. The second-order valence-corrected chi connectivity index (χ2v) is 9.43. The minimum absolute atomic E-state index is 0.0259. The van der Waals surface area contributed by atoms with E-state index in [0.717, 1.165) is 25.1 Å². The monoisotopic (exact) mass is 495 g/mol. The number of benzene rings is 2. The summed E-state index contributed by atoms with van der Waals surface area (Å²) in [6, 6.07) is 15.7. The van der Waals surface area contributed by atoms with E-state index in [1.54, 1.807) is 30.5 Å². The molecule has 9 heteroatoms. The Morgan fingerprint density at radius 3 is 2.43 bits per heavy atom. The van der Waals surface area contributed by atoms with Crippen LogP contribution in [0.15, 0.2) is 65.6 Å². The molecule has 1 amide bonds. The van der Waals surface area contributed by atoms with E-state index in [0.29, 0.717) is 44.1 Å². The number of nitrogens with zero attached hydrogens (tertiary/aromatic N) is 5. The Bertz CT molecular complexity index is 1240. The van der Waals surface area contributed by atoms with E-state index in [4.69, 9.17) is 11.6 Å². The number of carbonyl (C=O) groups is 1. The van der Waals surface area contributed by atoms with Gasteiger partial charge in [-0.15, -0.1) is 0 Å². The number of para-hydroxylation sites is 1. The van der Waals surface area contributed by atoms with Gasteiger partial charge in [-0.1, -0.05) is 41.9 Å². The van der Waals surface area contributed by atoms with Crippen molar-refractivity contribution < 1.29 is 9.18 Å². The standard InChI is InChI=1S/C26H27ClFN5O2/c27-24-23(16-29-33(26(24)35)22-4-2-1-3-5-22)31-12-14-32(15-13-31)25(34)20-10-11-30(18-20)17-19-6-8-21(28)9-7-19/h1-9,16,20H,10-15,17-18H2. The molecule has 1 atom stereocenters. The molecule has 2 saturated heterocycles. The van der Waals surface area contributed by atoms with Crippen LogP contribution in [0.5, 0.6) is 0 Å². The molecule has 182 valence electrons. The summed E-state index contributed by atoms with van der Waals surface area (Å²) >= 11 is 6.45. The van der Waals surface area contributed by atoms with Crippen LogP contribution in [0.4, 0.5) is 10.1 Å². The van der Waals surface area contributed by atoms with E-state index in [-0.39, 0.29) is 28.2 Å². The molecule has 0 N–H and O–H groups in total. The molecular weight excluding hydrogens is 469 g/mol.